The van der Waals surface area contributed by atoms with Crippen LogP contribution in [0.5, 0.6) is 0 Å². The Morgan fingerprint density at radius 1 is 1.14 bits per heavy atom. The summed E-state index contributed by atoms with van der Waals surface area (Å²) in [4.78, 5) is 0. The van der Waals surface area contributed by atoms with E-state index in [-0.39, 0.29) is 0 Å². The van der Waals surface area contributed by atoms with Crippen LogP contribution < -0.4 is 5.73 Å². The molecule has 22 heavy (non-hydrogen) atoms. The van der Waals surface area contributed by atoms with Gasteiger partial charge >= 0.3 is 0 Å². The molecule has 0 radical (unpaired) electrons. The molecule has 1 nitrogen and oxygen atoms in total. The lowest BCUT2D eigenvalue weighted by Gasteiger charge is -2.27. The van der Waals surface area contributed by atoms with Gasteiger partial charge in [0.15, 0.2) is 0 Å². The van der Waals surface area contributed by atoms with E-state index in [9.17, 15) is 0 Å². The third-order valence-corrected chi connectivity index (χ3v) is 5.12. The van der Waals surface area contributed by atoms with Crippen molar-refractivity contribution in [1.82, 2.24) is 0 Å². The highest BCUT2D eigenvalue weighted by atomic mass is 14.6. The maximum Gasteiger partial charge on any atom is 0.00163 e. The molecule has 1 aliphatic carbocycles. The second-order valence-electron chi connectivity index (χ2n) is 7.35. The molecule has 1 aromatic carbocycles. The molecular formula is C21H35N. The average Bonchev–Trinajstić information content (AvgIpc) is 2.50. The van der Waals surface area contributed by atoms with Gasteiger partial charge < -0.3 is 5.73 Å². The number of benzene rings is 1. The van der Waals surface area contributed by atoms with Crippen molar-refractivity contribution in [3.05, 3.63) is 34.9 Å². The van der Waals surface area contributed by atoms with Crippen LogP contribution in [0.3, 0.4) is 0 Å². The zero-order valence-electron chi connectivity index (χ0n) is 14.7. The van der Waals surface area contributed by atoms with Crippen molar-refractivity contribution >= 4 is 0 Å². The van der Waals surface area contributed by atoms with Crippen molar-refractivity contribution in [1.29, 1.82) is 0 Å². The highest BCUT2D eigenvalue weighted by Crippen LogP contribution is 2.35. The molecule has 124 valence electrons. The van der Waals surface area contributed by atoms with Crippen LogP contribution in [-0.2, 0) is 12.8 Å². The molecule has 2 rings (SSSR count). The quantitative estimate of drug-likeness (QED) is 0.578. The first-order chi connectivity index (χ1) is 10.7. The van der Waals surface area contributed by atoms with Gasteiger partial charge in [0.05, 0.1) is 0 Å². The van der Waals surface area contributed by atoms with Gasteiger partial charge in [-0.2, -0.15) is 0 Å². The number of nitrogens with two attached hydrogens (primary N) is 1. The summed E-state index contributed by atoms with van der Waals surface area (Å²) in [7, 11) is 0. The SMILES string of the molecule is CCCCCCCCc1ccc2c(c1)CCCC2CC(C)N. The minimum Gasteiger partial charge on any atom is -0.328 e. The lowest BCUT2D eigenvalue weighted by molar-refractivity contribution is 0.483. The summed E-state index contributed by atoms with van der Waals surface area (Å²) in [5.74, 6) is 0.701. The Labute approximate surface area is 137 Å². The first-order valence-electron chi connectivity index (χ1n) is 9.58. The largest absolute Gasteiger partial charge is 0.328 e. The minimum atomic E-state index is 0.318. The van der Waals surface area contributed by atoms with Crippen LogP contribution in [0.4, 0.5) is 0 Å². The Hall–Kier alpha value is -0.820. The van der Waals surface area contributed by atoms with Crippen molar-refractivity contribution in [2.24, 2.45) is 5.73 Å². The van der Waals surface area contributed by atoms with Crippen LogP contribution >= 0.6 is 0 Å². The molecule has 2 unspecified atom stereocenters. The van der Waals surface area contributed by atoms with Crippen LogP contribution in [0.25, 0.3) is 0 Å². The van der Waals surface area contributed by atoms with Gasteiger partial charge in [0.25, 0.3) is 0 Å². The number of hydrogen-bond acceptors (Lipinski definition) is 1. The number of aryl methyl sites for hydroxylation is 2. The van der Waals surface area contributed by atoms with Gasteiger partial charge in [-0.15, -0.1) is 0 Å². The van der Waals surface area contributed by atoms with E-state index in [4.69, 9.17) is 5.73 Å². The molecule has 0 saturated heterocycles. The summed E-state index contributed by atoms with van der Waals surface area (Å²) in [6.45, 7) is 4.42. The summed E-state index contributed by atoms with van der Waals surface area (Å²) in [6, 6.07) is 7.60. The molecule has 0 aliphatic heterocycles. The fourth-order valence-electron chi connectivity index (χ4n) is 3.93. The molecule has 2 N–H and O–H groups in total. The number of hydrogen-bond donors (Lipinski definition) is 1. The van der Waals surface area contributed by atoms with E-state index < -0.39 is 0 Å². The second-order valence-corrected chi connectivity index (χ2v) is 7.35. The molecule has 0 aromatic heterocycles. The van der Waals surface area contributed by atoms with E-state index in [1.54, 1.807) is 16.7 Å². The average molecular weight is 302 g/mol. The molecule has 1 heteroatoms. The zero-order chi connectivity index (χ0) is 15.8. The number of fused-ring (bicyclic) bond motifs is 1. The van der Waals surface area contributed by atoms with Gasteiger partial charge in [0.1, 0.15) is 0 Å². The Kier molecular flexibility index (Phi) is 7.45. The smallest absolute Gasteiger partial charge is 0.00163 e. The van der Waals surface area contributed by atoms with Crippen LogP contribution in [0.1, 0.15) is 94.2 Å². The molecule has 1 aromatic rings. The highest BCUT2D eigenvalue weighted by molar-refractivity contribution is 5.36. The summed E-state index contributed by atoms with van der Waals surface area (Å²) in [6.07, 6.45) is 14.7. The van der Waals surface area contributed by atoms with Gasteiger partial charge in [0.2, 0.25) is 0 Å². The third kappa shape index (κ3) is 5.43. The Morgan fingerprint density at radius 3 is 2.68 bits per heavy atom. The summed E-state index contributed by atoms with van der Waals surface area (Å²) >= 11 is 0. The van der Waals surface area contributed by atoms with E-state index in [1.807, 2.05) is 0 Å². The van der Waals surface area contributed by atoms with E-state index >= 15 is 0 Å². The zero-order valence-corrected chi connectivity index (χ0v) is 14.7. The number of unbranched alkanes of at least 4 members (excludes halogenated alkanes) is 5. The van der Waals surface area contributed by atoms with Gasteiger partial charge in [-0.3, -0.25) is 0 Å². The lowest BCUT2D eigenvalue weighted by atomic mass is 9.79. The maximum absolute atomic E-state index is 6.03. The molecule has 2 atom stereocenters. The summed E-state index contributed by atoms with van der Waals surface area (Å²) in [5, 5.41) is 0. The summed E-state index contributed by atoms with van der Waals surface area (Å²) in [5.41, 5.74) is 10.8. The first-order valence-corrected chi connectivity index (χ1v) is 9.58. The van der Waals surface area contributed by atoms with Gasteiger partial charge in [-0.25, -0.2) is 0 Å². The molecule has 1 aliphatic rings. The topological polar surface area (TPSA) is 26.0 Å². The fraction of sp³-hybridized carbons (Fsp3) is 0.714. The Balaban J connectivity index is 1.85. The van der Waals surface area contributed by atoms with Crippen molar-refractivity contribution < 1.29 is 0 Å². The van der Waals surface area contributed by atoms with E-state index in [2.05, 4.69) is 32.0 Å². The van der Waals surface area contributed by atoms with Gasteiger partial charge in [-0.1, -0.05) is 57.2 Å². The Bertz CT molecular complexity index is 436. The predicted molar refractivity (Wildman–Crippen MR) is 97.5 cm³/mol. The van der Waals surface area contributed by atoms with Crippen molar-refractivity contribution in [3.8, 4) is 0 Å². The van der Waals surface area contributed by atoms with Crippen LogP contribution in [-0.4, -0.2) is 6.04 Å². The predicted octanol–water partition coefficient (Wildman–Crippen LogP) is 5.75. The monoisotopic (exact) mass is 301 g/mol. The van der Waals surface area contributed by atoms with Crippen LogP contribution in [0, 0.1) is 0 Å². The highest BCUT2D eigenvalue weighted by Gasteiger charge is 2.21. The standard InChI is InChI=1S/C21H35N/c1-3-4-5-6-7-8-10-18-13-14-21-19(15-17(2)22)11-9-12-20(21)16-18/h13-14,16-17,19H,3-12,15,22H2,1-2H3. The van der Waals surface area contributed by atoms with Crippen LogP contribution in [0.15, 0.2) is 18.2 Å². The Morgan fingerprint density at radius 2 is 1.91 bits per heavy atom. The molecule has 0 saturated carbocycles. The fourth-order valence-corrected chi connectivity index (χ4v) is 3.93. The number of rotatable bonds is 9. The molecule has 0 spiro atoms. The molecule has 0 heterocycles. The van der Waals surface area contributed by atoms with Crippen molar-refractivity contribution in [3.63, 3.8) is 0 Å². The molecular weight excluding hydrogens is 266 g/mol. The van der Waals surface area contributed by atoms with E-state index in [1.165, 1.54) is 64.2 Å². The summed E-state index contributed by atoms with van der Waals surface area (Å²) < 4.78 is 0. The minimum absolute atomic E-state index is 0.318. The normalized spacial score (nSPS) is 19.0. The lowest BCUT2D eigenvalue weighted by Crippen LogP contribution is -2.21. The first kappa shape index (κ1) is 17.5. The van der Waals surface area contributed by atoms with Gasteiger partial charge in [-0.05, 0) is 68.1 Å². The molecule has 0 amide bonds. The van der Waals surface area contributed by atoms with Crippen LogP contribution in [0.2, 0.25) is 0 Å². The van der Waals surface area contributed by atoms with Crippen molar-refractivity contribution in [2.45, 2.75) is 96.4 Å². The van der Waals surface area contributed by atoms with Gasteiger partial charge in [0, 0.05) is 6.04 Å². The van der Waals surface area contributed by atoms with Crippen molar-refractivity contribution in [2.75, 3.05) is 0 Å². The molecule has 0 fully saturated rings. The maximum atomic E-state index is 6.03. The second kappa shape index (κ2) is 9.35. The third-order valence-electron chi connectivity index (χ3n) is 5.12. The molecule has 0 bridgehead atoms. The van der Waals surface area contributed by atoms with E-state index in [0.717, 1.165) is 6.42 Å². The van der Waals surface area contributed by atoms with E-state index in [0.29, 0.717) is 12.0 Å².